The molecule has 0 fully saturated rings. The summed E-state index contributed by atoms with van der Waals surface area (Å²) in [6.07, 6.45) is 3.67. The van der Waals surface area contributed by atoms with Crippen LogP contribution in [0.25, 0.3) is 0 Å². The predicted octanol–water partition coefficient (Wildman–Crippen LogP) is -0.0824. The second-order valence-electron chi connectivity index (χ2n) is 1.86. The third-order valence-corrected chi connectivity index (χ3v) is 1.04. The quantitative estimate of drug-likeness (QED) is 0.310. The minimum atomic E-state index is -0.204. The summed E-state index contributed by atoms with van der Waals surface area (Å²) in [6, 6.07) is 0. The highest BCUT2D eigenvalue weighted by Crippen LogP contribution is 1.87. The van der Waals surface area contributed by atoms with Gasteiger partial charge in [-0.25, -0.2) is 4.98 Å². The van der Waals surface area contributed by atoms with Gasteiger partial charge in [0.15, 0.2) is 17.7 Å². The number of rotatable bonds is 1. The van der Waals surface area contributed by atoms with Gasteiger partial charge >= 0.3 is 0 Å². The third-order valence-electron chi connectivity index (χ3n) is 1.04. The standard InChI is InChI=1S/C6H6N2O2/c1-5(9)6-4-8(10)3-2-7-6/h2-4H,1H3. The van der Waals surface area contributed by atoms with Crippen LogP contribution in [0.15, 0.2) is 18.6 Å². The summed E-state index contributed by atoms with van der Waals surface area (Å²) < 4.78 is 0.545. The normalized spacial score (nSPS) is 9.30. The zero-order valence-electron chi connectivity index (χ0n) is 5.44. The van der Waals surface area contributed by atoms with Crippen LogP contribution in [0.2, 0.25) is 0 Å². The lowest BCUT2D eigenvalue weighted by molar-refractivity contribution is -0.606. The smallest absolute Gasteiger partial charge is 0.209 e. The first kappa shape index (κ1) is 6.67. The van der Waals surface area contributed by atoms with E-state index in [1.165, 1.54) is 19.3 Å². The zero-order chi connectivity index (χ0) is 7.56. The molecule has 4 nitrogen and oxygen atoms in total. The van der Waals surface area contributed by atoms with Crippen molar-refractivity contribution in [2.24, 2.45) is 0 Å². The number of hydrogen-bond acceptors (Lipinski definition) is 3. The van der Waals surface area contributed by atoms with Gasteiger partial charge in [-0.1, -0.05) is 0 Å². The molecule has 0 aliphatic rings. The van der Waals surface area contributed by atoms with Crippen LogP contribution >= 0.6 is 0 Å². The summed E-state index contributed by atoms with van der Waals surface area (Å²) in [4.78, 5) is 14.3. The molecule has 0 N–H and O–H groups in total. The first-order chi connectivity index (χ1) is 4.70. The zero-order valence-corrected chi connectivity index (χ0v) is 5.44. The van der Waals surface area contributed by atoms with E-state index in [-0.39, 0.29) is 11.5 Å². The Morgan fingerprint density at radius 2 is 2.50 bits per heavy atom. The molecule has 0 atom stereocenters. The van der Waals surface area contributed by atoms with Gasteiger partial charge in [0.05, 0.1) is 6.20 Å². The van der Waals surface area contributed by atoms with Crippen LogP contribution in [0.4, 0.5) is 0 Å². The molecule has 1 rings (SSSR count). The summed E-state index contributed by atoms with van der Waals surface area (Å²) >= 11 is 0. The summed E-state index contributed by atoms with van der Waals surface area (Å²) in [5.41, 5.74) is 0.192. The van der Waals surface area contributed by atoms with Crippen LogP contribution in [0, 0.1) is 5.21 Å². The van der Waals surface area contributed by atoms with E-state index in [1.54, 1.807) is 0 Å². The molecular formula is C6H6N2O2. The lowest BCUT2D eigenvalue weighted by Gasteiger charge is -1.94. The molecule has 0 aliphatic heterocycles. The number of Topliss-reactive ketones (excluding diaryl/α,β-unsaturated/α-hetero) is 1. The SMILES string of the molecule is CC(=O)c1c[n+]([O-])ccn1. The van der Waals surface area contributed by atoms with Crippen molar-refractivity contribution in [2.75, 3.05) is 0 Å². The van der Waals surface area contributed by atoms with Crippen LogP contribution in [-0.4, -0.2) is 10.8 Å². The Kier molecular flexibility index (Phi) is 1.62. The molecule has 0 aliphatic carbocycles. The van der Waals surface area contributed by atoms with E-state index in [1.807, 2.05) is 0 Å². The van der Waals surface area contributed by atoms with E-state index >= 15 is 0 Å². The molecule has 1 aromatic rings. The first-order valence-electron chi connectivity index (χ1n) is 2.76. The second kappa shape index (κ2) is 2.43. The van der Waals surface area contributed by atoms with E-state index in [4.69, 9.17) is 0 Å². The first-order valence-corrected chi connectivity index (χ1v) is 2.76. The van der Waals surface area contributed by atoms with Gasteiger partial charge in [0.25, 0.3) is 0 Å². The Hall–Kier alpha value is -1.45. The van der Waals surface area contributed by atoms with Gasteiger partial charge in [-0.15, -0.1) is 0 Å². The molecule has 1 aromatic heterocycles. The fourth-order valence-corrected chi connectivity index (χ4v) is 0.558. The van der Waals surface area contributed by atoms with Crippen molar-refractivity contribution in [3.8, 4) is 0 Å². The van der Waals surface area contributed by atoms with Crippen molar-refractivity contribution in [2.45, 2.75) is 6.92 Å². The Balaban J connectivity index is 3.07. The van der Waals surface area contributed by atoms with Crippen molar-refractivity contribution >= 4 is 5.78 Å². The molecule has 1 heterocycles. The van der Waals surface area contributed by atoms with E-state index in [2.05, 4.69) is 4.98 Å². The number of aromatic nitrogens is 2. The molecular weight excluding hydrogens is 132 g/mol. The van der Waals surface area contributed by atoms with Gasteiger partial charge in [-0.3, -0.25) is 4.79 Å². The average Bonchev–Trinajstić information content (AvgIpc) is 1.88. The molecule has 10 heavy (non-hydrogen) atoms. The van der Waals surface area contributed by atoms with Gasteiger partial charge < -0.3 is 5.21 Å². The van der Waals surface area contributed by atoms with E-state index in [0.29, 0.717) is 4.73 Å². The molecule has 0 saturated heterocycles. The van der Waals surface area contributed by atoms with Crippen molar-refractivity contribution in [1.82, 2.24) is 4.98 Å². The number of carbonyl (C=O) groups excluding carboxylic acids is 1. The number of ketones is 1. The van der Waals surface area contributed by atoms with Crippen LogP contribution in [0.3, 0.4) is 0 Å². The minimum absolute atomic E-state index is 0.192. The highest BCUT2D eigenvalue weighted by Gasteiger charge is 2.02. The van der Waals surface area contributed by atoms with Crippen molar-refractivity contribution in [3.05, 3.63) is 29.5 Å². The summed E-state index contributed by atoms with van der Waals surface area (Å²) in [5.74, 6) is -0.204. The van der Waals surface area contributed by atoms with Gasteiger partial charge in [-0.05, 0) is 0 Å². The molecule has 0 radical (unpaired) electrons. The topological polar surface area (TPSA) is 56.9 Å². The van der Waals surface area contributed by atoms with Crippen molar-refractivity contribution < 1.29 is 9.52 Å². The number of nitrogens with zero attached hydrogens (tertiary/aromatic N) is 2. The molecule has 0 unspecified atom stereocenters. The maximum Gasteiger partial charge on any atom is 0.209 e. The van der Waals surface area contributed by atoms with Gasteiger partial charge in [0.1, 0.15) is 0 Å². The maximum absolute atomic E-state index is 10.6. The second-order valence-corrected chi connectivity index (χ2v) is 1.86. The van der Waals surface area contributed by atoms with Crippen molar-refractivity contribution in [1.29, 1.82) is 0 Å². The predicted molar refractivity (Wildman–Crippen MR) is 33.2 cm³/mol. The lowest BCUT2D eigenvalue weighted by Crippen LogP contribution is -2.26. The van der Waals surface area contributed by atoms with Crippen LogP contribution in [0.5, 0.6) is 0 Å². The Bertz CT molecular complexity index is 260. The van der Waals surface area contributed by atoms with E-state index in [9.17, 15) is 10.0 Å². The fraction of sp³-hybridized carbons (Fsp3) is 0.167. The van der Waals surface area contributed by atoms with Gasteiger partial charge in [0.2, 0.25) is 6.20 Å². The summed E-state index contributed by atoms with van der Waals surface area (Å²) in [6.45, 7) is 1.36. The van der Waals surface area contributed by atoms with E-state index in [0.717, 1.165) is 6.20 Å². The highest BCUT2D eigenvalue weighted by atomic mass is 16.5. The van der Waals surface area contributed by atoms with E-state index < -0.39 is 0 Å². The number of hydrogen-bond donors (Lipinski definition) is 0. The summed E-state index contributed by atoms with van der Waals surface area (Å²) in [5, 5.41) is 10.5. The Morgan fingerprint density at radius 3 is 2.90 bits per heavy atom. The largest absolute Gasteiger partial charge is 0.619 e. The molecule has 0 saturated carbocycles. The monoisotopic (exact) mass is 138 g/mol. The number of carbonyl (C=O) groups is 1. The molecule has 0 aromatic carbocycles. The Morgan fingerprint density at radius 1 is 1.80 bits per heavy atom. The molecule has 0 spiro atoms. The van der Waals surface area contributed by atoms with Gasteiger partial charge in [0, 0.05) is 6.92 Å². The fourth-order valence-electron chi connectivity index (χ4n) is 0.558. The van der Waals surface area contributed by atoms with Crippen molar-refractivity contribution in [3.63, 3.8) is 0 Å². The molecule has 0 bridgehead atoms. The molecule has 4 heteroatoms. The lowest BCUT2D eigenvalue weighted by atomic mass is 10.3. The van der Waals surface area contributed by atoms with Crippen LogP contribution in [-0.2, 0) is 0 Å². The third kappa shape index (κ3) is 1.28. The Labute approximate surface area is 57.7 Å². The highest BCUT2D eigenvalue weighted by molar-refractivity contribution is 5.91. The molecule has 52 valence electrons. The van der Waals surface area contributed by atoms with Gasteiger partial charge in [-0.2, -0.15) is 4.73 Å². The summed E-state index contributed by atoms with van der Waals surface area (Å²) in [7, 11) is 0. The molecule has 0 amide bonds. The average molecular weight is 138 g/mol. The minimum Gasteiger partial charge on any atom is -0.619 e. The van der Waals surface area contributed by atoms with Crippen LogP contribution in [0.1, 0.15) is 17.4 Å². The van der Waals surface area contributed by atoms with Crippen LogP contribution < -0.4 is 4.73 Å². The maximum atomic E-state index is 10.6.